The van der Waals surface area contributed by atoms with Crippen molar-refractivity contribution in [2.24, 2.45) is 0 Å². The van der Waals surface area contributed by atoms with Crippen molar-refractivity contribution in [3.63, 3.8) is 0 Å². The fourth-order valence-corrected chi connectivity index (χ4v) is 3.52. The molecule has 0 atom stereocenters. The highest BCUT2D eigenvalue weighted by atomic mass is 16.2. The molecular formula is C21H45N5O. The standard InChI is InChI=1S/C21H45N5O/c1-6-10-11-22(5)21(27)20-26-18-16-24(8-3)14-12-23(7-2)13-15-25(9-4)17-19-26/h6-20H2,1-5H3. The van der Waals surface area contributed by atoms with Crippen LogP contribution in [0.5, 0.6) is 0 Å². The number of unbranched alkanes of at least 4 members (excludes halogenated alkanes) is 1. The van der Waals surface area contributed by atoms with E-state index in [4.69, 9.17) is 0 Å². The quantitative estimate of drug-likeness (QED) is 0.635. The Balaban J connectivity index is 2.69. The molecule has 0 N–H and O–H groups in total. The van der Waals surface area contributed by atoms with Gasteiger partial charge in [-0.15, -0.1) is 0 Å². The summed E-state index contributed by atoms with van der Waals surface area (Å²) in [7, 11) is 1.95. The van der Waals surface area contributed by atoms with Crippen LogP contribution in [0.15, 0.2) is 0 Å². The summed E-state index contributed by atoms with van der Waals surface area (Å²) in [5.74, 6) is 0.263. The first-order valence-electron chi connectivity index (χ1n) is 11.2. The van der Waals surface area contributed by atoms with Crippen LogP contribution in [0, 0.1) is 0 Å². The molecule has 0 aromatic rings. The summed E-state index contributed by atoms with van der Waals surface area (Å²) in [5, 5.41) is 0. The van der Waals surface area contributed by atoms with Crippen LogP contribution in [0.3, 0.4) is 0 Å². The minimum atomic E-state index is 0.263. The Morgan fingerprint density at radius 3 is 1.41 bits per heavy atom. The first-order chi connectivity index (χ1) is 13.0. The Morgan fingerprint density at radius 2 is 1.07 bits per heavy atom. The number of hydrogen-bond acceptors (Lipinski definition) is 5. The van der Waals surface area contributed by atoms with E-state index in [9.17, 15) is 4.79 Å². The molecule has 1 amide bonds. The van der Waals surface area contributed by atoms with Crippen molar-refractivity contribution in [1.82, 2.24) is 24.5 Å². The zero-order valence-corrected chi connectivity index (χ0v) is 18.8. The molecule has 0 aliphatic carbocycles. The van der Waals surface area contributed by atoms with Crippen LogP contribution in [0.25, 0.3) is 0 Å². The van der Waals surface area contributed by atoms with Gasteiger partial charge in [-0.1, -0.05) is 34.1 Å². The molecule has 0 aromatic heterocycles. The molecule has 0 aromatic carbocycles. The minimum absolute atomic E-state index is 0.263. The van der Waals surface area contributed by atoms with Gasteiger partial charge in [0.05, 0.1) is 6.54 Å². The van der Waals surface area contributed by atoms with Crippen molar-refractivity contribution in [3.8, 4) is 0 Å². The van der Waals surface area contributed by atoms with Gasteiger partial charge in [-0.3, -0.25) is 9.69 Å². The number of carbonyl (C=O) groups excluding carboxylic acids is 1. The Bertz CT molecular complexity index is 373. The van der Waals surface area contributed by atoms with E-state index in [1.54, 1.807) is 0 Å². The molecular weight excluding hydrogens is 338 g/mol. The highest BCUT2D eigenvalue weighted by Gasteiger charge is 2.18. The van der Waals surface area contributed by atoms with Crippen molar-refractivity contribution >= 4 is 5.91 Å². The Hall–Kier alpha value is -0.690. The molecule has 0 bridgehead atoms. The van der Waals surface area contributed by atoms with E-state index in [0.29, 0.717) is 6.54 Å². The Morgan fingerprint density at radius 1 is 0.704 bits per heavy atom. The number of nitrogens with zero attached hydrogens (tertiary/aromatic N) is 5. The lowest BCUT2D eigenvalue weighted by molar-refractivity contribution is -0.131. The molecule has 1 fully saturated rings. The van der Waals surface area contributed by atoms with Crippen LogP contribution in [0.1, 0.15) is 40.5 Å². The van der Waals surface area contributed by atoms with Gasteiger partial charge in [-0.25, -0.2) is 0 Å². The van der Waals surface area contributed by atoms with Crippen molar-refractivity contribution < 1.29 is 4.79 Å². The highest BCUT2D eigenvalue weighted by molar-refractivity contribution is 5.77. The molecule has 0 spiro atoms. The molecule has 1 aliphatic heterocycles. The molecule has 1 heterocycles. The van der Waals surface area contributed by atoms with Gasteiger partial charge in [0.25, 0.3) is 0 Å². The zero-order chi connectivity index (χ0) is 20.1. The molecule has 1 rings (SSSR count). The topological polar surface area (TPSA) is 33.3 Å². The lowest BCUT2D eigenvalue weighted by atomic mass is 10.3. The van der Waals surface area contributed by atoms with Crippen LogP contribution in [0.2, 0.25) is 0 Å². The zero-order valence-electron chi connectivity index (χ0n) is 18.8. The maximum atomic E-state index is 12.6. The summed E-state index contributed by atoms with van der Waals surface area (Å²) < 4.78 is 0. The third kappa shape index (κ3) is 9.88. The van der Waals surface area contributed by atoms with Gasteiger partial charge in [0.2, 0.25) is 5.91 Å². The van der Waals surface area contributed by atoms with Gasteiger partial charge in [-0.2, -0.15) is 0 Å². The normalized spacial score (nSPS) is 20.2. The van der Waals surface area contributed by atoms with Gasteiger partial charge < -0.3 is 19.6 Å². The SMILES string of the molecule is CCCCN(C)C(=O)CN1CCN(CC)CCN(CC)CCN(CC)CC1. The van der Waals surface area contributed by atoms with Gasteiger partial charge in [0.15, 0.2) is 0 Å². The molecule has 0 radical (unpaired) electrons. The lowest BCUT2D eigenvalue weighted by Gasteiger charge is -2.33. The van der Waals surface area contributed by atoms with Crippen molar-refractivity contribution in [2.75, 3.05) is 92.1 Å². The average molecular weight is 384 g/mol. The predicted molar refractivity (Wildman–Crippen MR) is 115 cm³/mol. The predicted octanol–water partition coefficient (Wildman–Crippen LogP) is 1.53. The maximum Gasteiger partial charge on any atom is 0.236 e. The van der Waals surface area contributed by atoms with Crippen molar-refractivity contribution in [3.05, 3.63) is 0 Å². The third-order valence-electron chi connectivity index (χ3n) is 5.90. The van der Waals surface area contributed by atoms with E-state index in [1.165, 1.54) is 0 Å². The first-order valence-corrected chi connectivity index (χ1v) is 11.2. The van der Waals surface area contributed by atoms with E-state index in [1.807, 2.05) is 11.9 Å². The average Bonchev–Trinajstić information content (AvgIpc) is 2.68. The molecule has 160 valence electrons. The van der Waals surface area contributed by atoms with Crippen LogP contribution < -0.4 is 0 Å². The van der Waals surface area contributed by atoms with Gasteiger partial charge in [0, 0.05) is 66.0 Å². The molecule has 0 saturated carbocycles. The second kappa shape index (κ2) is 14.3. The molecule has 1 aliphatic rings. The first kappa shape index (κ1) is 24.3. The molecule has 6 nitrogen and oxygen atoms in total. The summed E-state index contributed by atoms with van der Waals surface area (Å²) in [6, 6.07) is 0. The Labute approximate surface area is 168 Å². The minimum Gasteiger partial charge on any atom is -0.345 e. The van der Waals surface area contributed by atoms with Crippen molar-refractivity contribution in [1.29, 1.82) is 0 Å². The van der Waals surface area contributed by atoms with Gasteiger partial charge >= 0.3 is 0 Å². The second-order valence-corrected chi connectivity index (χ2v) is 7.75. The highest BCUT2D eigenvalue weighted by Crippen LogP contribution is 2.02. The smallest absolute Gasteiger partial charge is 0.236 e. The lowest BCUT2D eigenvalue weighted by Crippen LogP contribution is -2.48. The van der Waals surface area contributed by atoms with Crippen LogP contribution in [-0.4, -0.2) is 123 Å². The monoisotopic (exact) mass is 383 g/mol. The molecule has 6 heteroatoms. The number of likely N-dealkylation sites (N-methyl/N-ethyl adjacent to an activating group) is 4. The number of carbonyl (C=O) groups is 1. The number of hydrogen-bond donors (Lipinski definition) is 0. The summed E-state index contributed by atoms with van der Waals surface area (Å²) in [4.78, 5) is 24.5. The van der Waals surface area contributed by atoms with E-state index in [2.05, 4.69) is 47.3 Å². The third-order valence-corrected chi connectivity index (χ3v) is 5.90. The van der Waals surface area contributed by atoms with E-state index >= 15 is 0 Å². The van der Waals surface area contributed by atoms with Crippen LogP contribution in [-0.2, 0) is 4.79 Å². The second-order valence-electron chi connectivity index (χ2n) is 7.75. The number of rotatable bonds is 8. The summed E-state index contributed by atoms with van der Waals surface area (Å²) >= 11 is 0. The van der Waals surface area contributed by atoms with E-state index in [0.717, 1.165) is 91.4 Å². The molecule has 0 unspecified atom stereocenters. The fourth-order valence-electron chi connectivity index (χ4n) is 3.52. The Kier molecular flexibility index (Phi) is 12.9. The van der Waals surface area contributed by atoms with Crippen LogP contribution >= 0.6 is 0 Å². The summed E-state index contributed by atoms with van der Waals surface area (Å²) in [6.07, 6.45) is 2.22. The van der Waals surface area contributed by atoms with Crippen molar-refractivity contribution in [2.45, 2.75) is 40.5 Å². The fraction of sp³-hybridized carbons (Fsp3) is 0.952. The van der Waals surface area contributed by atoms with E-state index < -0.39 is 0 Å². The number of amides is 1. The van der Waals surface area contributed by atoms with Gasteiger partial charge in [0.1, 0.15) is 0 Å². The van der Waals surface area contributed by atoms with E-state index in [-0.39, 0.29) is 5.91 Å². The molecule has 1 saturated heterocycles. The molecule has 27 heavy (non-hydrogen) atoms. The summed E-state index contributed by atoms with van der Waals surface area (Å²) in [6.45, 7) is 22.2. The largest absolute Gasteiger partial charge is 0.345 e. The summed E-state index contributed by atoms with van der Waals surface area (Å²) in [5.41, 5.74) is 0. The van der Waals surface area contributed by atoms with Crippen LogP contribution in [0.4, 0.5) is 0 Å². The van der Waals surface area contributed by atoms with Gasteiger partial charge in [-0.05, 0) is 26.1 Å². The maximum absolute atomic E-state index is 12.6.